The van der Waals surface area contributed by atoms with Crippen molar-refractivity contribution in [1.29, 1.82) is 0 Å². The maximum atomic E-state index is 13.3. The van der Waals surface area contributed by atoms with E-state index < -0.39 is 15.8 Å². The third kappa shape index (κ3) is 2.81. The highest BCUT2D eigenvalue weighted by atomic mass is 32.2. The largest absolute Gasteiger partial charge is 0.367 e. The van der Waals surface area contributed by atoms with Gasteiger partial charge in [-0.3, -0.25) is 4.90 Å². The van der Waals surface area contributed by atoms with Crippen molar-refractivity contribution in [2.24, 2.45) is 0 Å². The van der Waals surface area contributed by atoms with Gasteiger partial charge in [0.25, 0.3) is 10.0 Å². The van der Waals surface area contributed by atoms with Crippen LogP contribution in [0.15, 0.2) is 59.6 Å². The molecule has 2 saturated heterocycles. The van der Waals surface area contributed by atoms with Gasteiger partial charge < -0.3 is 4.90 Å². The molecule has 0 N–H and O–H groups in total. The van der Waals surface area contributed by atoms with Crippen LogP contribution in [0.3, 0.4) is 0 Å². The van der Waals surface area contributed by atoms with Gasteiger partial charge in [-0.15, -0.1) is 0 Å². The molecule has 5 rings (SSSR count). The summed E-state index contributed by atoms with van der Waals surface area (Å²) in [5.74, 6) is -0.452. The zero-order chi connectivity index (χ0) is 19.3. The van der Waals surface area contributed by atoms with Crippen LogP contribution >= 0.6 is 0 Å². The third-order valence-corrected chi connectivity index (χ3v) is 7.64. The molecule has 5 nitrogen and oxygen atoms in total. The Labute approximate surface area is 164 Å². The Morgan fingerprint density at radius 2 is 1.75 bits per heavy atom. The third-order valence-electron chi connectivity index (χ3n) is 5.96. The first-order valence-electron chi connectivity index (χ1n) is 9.64. The summed E-state index contributed by atoms with van der Waals surface area (Å²) in [6.07, 6.45) is 4.16. The molecule has 3 heterocycles. The van der Waals surface area contributed by atoms with Crippen LogP contribution in [0.25, 0.3) is 10.9 Å². The van der Waals surface area contributed by atoms with Crippen LogP contribution in [-0.2, 0) is 10.0 Å². The molecule has 1 aromatic heterocycles. The summed E-state index contributed by atoms with van der Waals surface area (Å²) in [5, 5.41) is 0.930. The van der Waals surface area contributed by atoms with Crippen molar-refractivity contribution in [3.8, 4) is 0 Å². The summed E-state index contributed by atoms with van der Waals surface area (Å²) in [5.41, 5.74) is 1.60. The molecule has 0 bridgehead atoms. The van der Waals surface area contributed by atoms with E-state index in [2.05, 4.69) is 9.80 Å². The summed E-state index contributed by atoms with van der Waals surface area (Å²) in [6.45, 7) is 3.99. The highest BCUT2D eigenvalue weighted by Gasteiger charge is 2.32. The molecular weight excluding hydrogens is 377 g/mol. The Kier molecular flexibility index (Phi) is 4.17. The van der Waals surface area contributed by atoms with Crippen LogP contribution in [0.5, 0.6) is 0 Å². The lowest BCUT2D eigenvalue weighted by Gasteiger charge is -2.38. The number of para-hydroxylation sites is 1. The number of fused-ring (bicyclic) bond motifs is 2. The molecule has 3 aromatic rings. The van der Waals surface area contributed by atoms with Crippen LogP contribution in [0.4, 0.5) is 10.1 Å². The topological polar surface area (TPSA) is 45.6 Å². The first-order chi connectivity index (χ1) is 13.5. The van der Waals surface area contributed by atoms with E-state index in [0.29, 0.717) is 11.6 Å². The summed E-state index contributed by atoms with van der Waals surface area (Å²) in [6, 6.07) is 13.1. The molecule has 2 aliphatic rings. The van der Waals surface area contributed by atoms with E-state index in [9.17, 15) is 12.8 Å². The fourth-order valence-electron chi connectivity index (χ4n) is 4.51. The van der Waals surface area contributed by atoms with E-state index >= 15 is 0 Å². The molecular formula is C21H22FN3O2S. The van der Waals surface area contributed by atoms with Gasteiger partial charge in [0, 0.05) is 37.3 Å². The molecule has 7 heteroatoms. The first kappa shape index (κ1) is 17.7. The Morgan fingerprint density at radius 1 is 0.964 bits per heavy atom. The molecule has 0 saturated carbocycles. The van der Waals surface area contributed by atoms with Gasteiger partial charge in [0.2, 0.25) is 0 Å². The monoisotopic (exact) mass is 399 g/mol. The number of hydrogen-bond donors (Lipinski definition) is 0. The second-order valence-corrected chi connectivity index (χ2v) is 9.38. The highest BCUT2D eigenvalue weighted by molar-refractivity contribution is 7.90. The second kappa shape index (κ2) is 6.60. The van der Waals surface area contributed by atoms with Crippen molar-refractivity contribution in [1.82, 2.24) is 8.87 Å². The number of halogens is 1. The van der Waals surface area contributed by atoms with Crippen LogP contribution < -0.4 is 4.90 Å². The van der Waals surface area contributed by atoms with Crippen LogP contribution in [0, 0.1) is 5.82 Å². The number of anilines is 1. The van der Waals surface area contributed by atoms with Gasteiger partial charge in [-0.2, -0.15) is 0 Å². The highest BCUT2D eigenvalue weighted by Crippen LogP contribution is 2.34. The fourth-order valence-corrected chi connectivity index (χ4v) is 5.88. The lowest BCUT2D eigenvalue weighted by Crippen LogP contribution is -2.50. The van der Waals surface area contributed by atoms with Crippen molar-refractivity contribution in [3.63, 3.8) is 0 Å². The average molecular weight is 399 g/mol. The lowest BCUT2D eigenvalue weighted by molar-refractivity contribution is 0.231. The van der Waals surface area contributed by atoms with Crippen molar-refractivity contribution in [2.75, 3.05) is 31.1 Å². The summed E-state index contributed by atoms with van der Waals surface area (Å²) in [4.78, 5) is 4.93. The van der Waals surface area contributed by atoms with E-state index in [1.54, 1.807) is 6.20 Å². The van der Waals surface area contributed by atoms with E-state index in [4.69, 9.17) is 0 Å². The van der Waals surface area contributed by atoms with Gasteiger partial charge in [0.15, 0.2) is 0 Å². The predicted octanol–water partition coefficient (Wildman–Crippen LogP) is 3.30. The van der Waals surface area contributed by atoms with E-state index in [-0.39, 0.29) is 4.90 Å². The lowest BCUT2D eigenvalue weighted by atomic mass is 10.1. The van der Waals surface area contributed by atoms with Crippen molar-refractivity contribution >= 4 is 26.6 Å². The quantitative estimate of drug-likeness (QED) is 0.678. The van der Waals surface area contributed by atoms with Gasteiger partial charge in [0.05, 0.1) is 16.1 Å². The maximum Gasteiger partial charge on any atom is 0.268 e. The van der Waals surface area contributed by atoms with E-state index in [0.717, 1.165) is 30.7 Å². The van der Waals surface area contributed by atoms with Crippen molar-refractivity contribution in [2.45, 2.75) is 23.8 Å². The van der Waals surface area contributed by atoms with Crippen LogP contribution in [0.2, 0.25) is 0 Å². The van der Waals surface area contributed by atoms with Crippen molar-refractivity contribution < 1.29 is 12.8 Å². The Morgan fingerprint density at radius 3 is 2.57 bits per heavy atom. The van der Waals surface area contributed by atoms with E-state index in [1.807, 2.05) is 24.3 Å². The van der Waals surface area contributed by atoms with E-state index in [1.165, 1.54) is 47.6 Å². The summed E-state index contributed by atoms with van der Waals surface area (Å²) >= 11 is 0. The molecule has 1 atom stereocenters. The molecule has 2 aromatic carbocycles. The minimum absolute atomic E-state index is 0.0850. The smallest absolute Gasteiger partial charge is 0.268 e. The summed E-state index contributed by atoms with van der Waals surface area (Å²) in [7, 11) is -3.80. The minimum Gasteiger partial charge on any atom is -0.367 e. The molecule has 0 amide bonds. The van der Waals surface area contributed by atoms with Gasteiger partial charge >= 0.3 is 0 Å². The number of hydrogen-bond acceptors (Lipinski definition) is 4. The SMILES string of the molecule is O=S(=O)(c1ccc(F)cc1)n1cc(N2CCN3CCCC3C2)c2ccccc21. The van der Waals surface area contributed by atoms with Gasteiger partial charge in [-0.05, 0) is 49.7 Å². The molecule has 2 aliphatic heterocycles. The molecule has 2 fully saturated rings. The van der Waals surface area contributed by atoms with Gasteiger partial charge in [-0.1, -0.05) is 18.2 Å². The number of piperazine rings is 1. The maximum absolute atomic E-state index is 13.3. The number of benzene rings is 2. The Balaban J connectivity index is 1.60. The average Bonchev–Trinajstić information content (AvgIpc) is 3.32. The standard InChI is InChI=1S/C21H22FN3O2S/c22-16-7-9-18(10-8-16)28(26,27)25-15-21(19-5-1-2-6-20(19)25)24-13-12-23-11-3-4-17(23)14-24/h1-2,5-10,15,17H,3-4,11-14H2. The molecule has 146 valence electrons. The first-order valence-corrected chi connectivity index (χ1v) is 11.1. The molecule has 0 spiro atoms. The van der Waals surface area contributed by atoms with Gasteiger partial charge in [0.1, 0.15) is 5.82 Å². The van der Waals surface area contributed by atoms with Gasteiger partial charge in [-0.25, -0.2) is 16.8 Å². The minimum atomic E-state index is -3.80. The molecule has 0 aliphatic carbocycles. The molecule has 28 heavy (non-hydrogen) atoms. The molecule has 1 unspecified atom stereocenters. The predicted molar refractivity (Wildman–Crippen MR) is 108 cm³/mol. The zero-order valence-corrected chi connectivity index (χ0v) is 16.3. The van der Waals surface area contributed by atoms with Crippen LogP contribution in [0.1, 0.15) is 12.8 Å². The Hall–Kier alpha value is -2.38. The fraction of sp³-hybridized carbons (Fsp3) is 0.333. The number of aromatic nitrogens is 1. The number of rotatable bonds is 3. The van der Waals surface area contributed by atoms with Crippen LogP contribution in [-0.4, -0.2) is 49.5 Å². The Bertz CT molecular complexity index is 1120. The zero-order valence-electron chi connectivity index (χ0n) is 15.5. The van der Waals surface area contributed by atoms with Crippen molar-refractivity contribution in [3.05, 3.63) is 60.5 Å². The second-order valence-electron chi connectivity index (χ2n) is 7.56. The summed E-state index contributed by atoms with van der Waals surface area (Å²) < 4.78 is 41.1. The number of nitrogens with zero attached hydrogens (tertiary/aromatic N) is 3. The molecule has 0 radical (unpaired) electrons. The normalized spacial score (nSPS) is 20.6.